The highest BCUT2D eigenvalue weighted by atomic mass is 35.5. The molecule has 2 nitrogen and oxygen atoms in total. The molecule has 0 aliphatic heterocycles. The summed E-state index contributed by atoms with van der Waals surface area (Å²) in [6.45, 7) is 6.16. The van der Waals surface area contributed by atoms with E-state index >= 15 is 0 Å². The Kier molecular flexibility index (Phi) is 7.65. The fourth-order valence-corrected chi connectivity index (χ4v) is 0.920. The molecule has 0 aliphatic carbocycles. The fraction of sp³-hybridized carbons (Fsp3) is 1.00. The Morgan fingerprint density at radius 3 is 2.20 bits per heavy atom. The number of hydrogen-bond acceptors (Lipinski definition) is 2. The molecule has 0 fully saturated rings. The lowest BCUT2D eigenvalue weighted by Gasteiger charge is -2.22. The molecule has 10 heavy (non-hydrogen) atoms. The topological polar surface area (TPSA) is 21.3 Å². The minimum Gasteiger partial charge on any atom is -0.384 e. The average molecular weight is 168 g/mol. The van der Waals surface area contributed by atoms with Crippen molar-refractivity contribution in [3.05, 3.63) is 0 Å². The van der Waals surface area contributed by atoms with Crippen LogP contribution in [0.3, 0.4) is 0 Å². The Balaban J connectivity index is 0. The second kappa shape index (κ2) is 5.96. The number of nitrogens with one attached hydrogen (secondary N) is 1. The van der Waals surface area contributed by atoms with Crippen LogP contribution >= 0.6 is 12.4 Å². The predicted octanol–water partition coefficient (Wildman–Crippen LogP) is 1.30. The molecule has 3 heteroatoms. The number of hydrogen-bond donors (Lipinski definition) is 1. The second-order valence-electron chi connectivity index (χ2n) is 3.13. The van der Waals surface area contributed by atoms with Crippen LogP contribution in [0.4, 0.5) is 0 Å². The van der Waals surface area contributed by atoms with Gasteiger partial charge in [0.15, 0.2) is 0 Å². The summed E-state index contributed by atoms with van der Waals surface area (Å²) >= 11 is 0. The van der Waals surface area contributed by atoms with E-state index in [1.807, 2.05) is 7.05 Å². The largest absolute Gasteiger partial charge is 0.384 e. The van der Waals surface area contributed by atoms with Crippen LogP contribution in [0.2, 0.25) is 0 Å². The molecule has 0 aromatic rings. The van der Waals surface area contributed by atoms with Crippen molar-refractivity contribution >= 4 is 12.4 Å². The van der Waals surface area contributed by atoms with Gasteiger partial charge in [0.05, 0.1) is 6.61 Å². The summed E-state index contributed by atoms with van der Waals surface area (Å²) in [7, 11) is 3.69. The lowest BCUT2D eigenvalue weighted by molar-refractivity contribution is 0.105. The summed E-state index contributed by atoms with van der Waals surface area (Å²) in [5.74, 6) is 0. The lowest BCUT2D eigenvalue weighted by atomic mass is 9.95. The summed E-state index contributed by atoms with van der Waals surface area (Å²) in [5, 5.41) is 3.11. The van der Waals surface area contributed by atoms with Crippen molar-refractivity contribution in [1.29, 1.82) is 0 Å². The van der Waals surface area contributed by atoms with Gasteiger partial charge in [-0.05, 0) is 7.05 Å². The Bertz CT molecular complexity index is 68.0. The van der Waals surface area contributed by atoms with Gasteiger partial charge in [-0.1, -0.05) is 13.8 Å². The van der Waals surface area contributed by atoms with Crippen LogP contribution in [0.25, 0.3) is 0 Å². The molecule has 0 saturated heterocycles. The molecule has 0 aromatic heterocycles. The van der Waals surface area contributed by atoms with Crippen LogP contribution in [-0.4, -0.2) is 27.3 Å². The van der Waals surface area contributed by atoms with Gasteiger partial charge < -0.3 is 10.1 Å². The van der Waals surface area contributed by atoms with E-state index in [0.717, 1.165) is 13.2 Å². The first-order valence-electron chi connectivity index (χ1n) is 3.26. The van der Waals surface area contributed by atoms with Gasteiger partial charge >= 0.3 is 0 Å². The van der Waals surface area contributed by atoms with E-state index in [9.17, 15) is 0 Å². The molecule has 0 aromatic carbocycles. The predicted molar refractivity (Wildman–Crippen MR) is 46.8 cm³/mol. The summed E-state index contributed by atoms with van der Waals surface area (Å²) in [6.07, 6.45) is 0. The van der Waals surface area contributed by atoms with E-state index in [1.54, 1.807) is 7.11 Å². The average Bonchev–Trinajstić information content (AvgIpc) is 1.64. The van der Waals surface area contributed by atoms with Crippen molar-refractivity contribution in [3.8, 4) is 0 Å². The van der Waals surface area contributed by atoms with Gasteiger partial charge in [-0.3, -0.25) is 0 Å². The smallest absolute Gasteiger partial charge is 0.0525 e. The highest BCUT2D eigenvalue weighted by molar-refractivity contribution is 5.85. The van der Waals surface area contributed by atoms with Crippen molar-refractivity contribution in [3.63, 3.8) is 0 Å². The van der Waals surface area contributed by atoms with Crippen molar-refractivity contribution in [1.82, 2.24) is 5.32 Å². The number of rotatable bonds is 4. The van der Waals surface area contributed by atoms with Gasteiger partial charge in [-0.25, -0.2) is 0 Å². The fourth-order valence-electron chi connectivity index (χ4n) is 0.920. The quantitative estimate of drug-likeness (QED) is 0.682. The number of halogens is 1. The first-order valence-corrected chi connectivity index (χ1v) is 3.26. The monoisotopic (exact) mass is 167 g/mol. The Morgan fingerprint density at radius 2 is 1.90 bits per heavy atom. The highest BCUT2D eigenvalue weighted by Crippen LogP contribution is 2.12. The lowest BCUT2D eigenvalue weighted by Crippen LogP contribution is -2.30. The Morgan fingerprint density at radius 1 is 1.40 bits per heavy atom. The molecule has 0 atom stereocenters. The number of methoxy groups -OCH3 is 1. The molecule has 0 unspecified atom stereocenters. The van der Waals surface area contributed by atoms with Gasteiger partial charge in [0.25, 0.3) is 0 Å². The van der Waals surface area contributed by atoms with Crippen LogP contribution in [0.1, 0.15) is 13.8 Å². The standard InChI is InChI=1S/C7H17NO.ClH/c1-7(2,5-8-3)6-9-4;/h8H,5-6H2,1-4H3;1H. The van der Waals surface area contributed by atoms with Crippen LogP contribution in [0.5, 0.6) is 0 Å². The summed E-state index contributed by atoms with van der Waals surface area (Å²) in [4.78, 5) is 0. The minimum atomic E-state index is 0. The zero-order valence-corrected chi connectivity index (χ0v) is 8.05. The molecule has 0 spiro atoms. The first kappa shape index (κ1) is 12.8. The molecule has 0 aliphatic rings. The summed E-state index contributed by atoms with van der Waals surface area (Å²) in [5.41, 5.74) is 0.267. The maximum atomic E-state index is 5.02. The Hall–Kier alpha value is 0.210. The number of ether oxygens (including phenoxy) is 1. The van der Waals surface area contributed by atoms with Crippen LogP contribution < -0.4 is 5.32 Å². The molecule has 64 valence electrons. The van der Waals surface area contributed by atoms with Crippen molar-refractivity contribution in [2.75, 3.05) is 27.3 Å². The minimum absolute atomic E-state index is 0. The van der Waals surface area contributed by atoms with Gasteiger partial charge in [0, 0.05) is 19.1 Å². The van der Waals surface area contributed by atoms with E-state index < -0.39 is 0 Å². The molecule has 0 radical (unpaired) electrons. The summed E-state index contributed by atoms with van der Waals surface area (Å²) < 4.78 is 5.02. The van der Waals surface area contributed by atoms with Gasteiger partial charge in [0.1, 0.15) is 0 Å². The molecular formula is C7H18ClNO. The normalized spacial score (nSPS) is 10.8. The summed E-state index contributed by atoms with van der Waals surface area (Å²) in [6, 6.07) is 0. The van der Waals surface area contributed by atoms with Crippen molar-refractivity contribution in [2.45, 2.75) is 13.8 Å². The second-order valence-corrected chi connectivity index (χ2v) is 3.13. The molecule has 0 bridgehead atoms. The molecular weight excluding hydrogens is 150 g/mol. The first-order chi connectivity index (χ1) is 4.12. The van der Waals surface area contributed by atoms with Crippen molar-refractivity contribution in [2.24, 2.45) is 5.41 Å². The van der Waals surface area contributed by atoms with Crippen LogP contribution in [0, 0.1) is 5.41 Å². The molecule has 1 N–H and O–H groups in total. The van der Waals surface area contributed by atoms with E-state index in [4.69, 9.17) is 4.74 Å². The molecule has 0 rings (SSSR count). The van der Waals surface area contributed by atoms with Gasteiger partial charge in [-0.2, -0.15) is 0 Å². The Labute approximate surface area is 69.7 Å². The third-order valence-electron chi connectivity index (χ3n) is 1.19. The van der Waals surface area contributed by atoms with Crippen molar-refractivity contribution < 1.29 is 4.74 Å². The van der Waals surface area contributed by atoms with E-state index in [-0.39, 0.29) is 17.8 Å². The third-order valence-corrected chi connectivity index (χ3v) is 1.19. The maximum absolute atomic E-state index is 5.02. The van der Waals surface area contributed by atoms with E-state index in [0.29, 0.717) is 0 Å². The zero-order chi connectivity index (χ0) is 7.33. The van der Waals surface area contributed by atoms with Gasteiger partial charge in [0.2, 0.25) is 0 Å². The van der Waals surface area contributed by atoms with E-state index in [1.165, 1.54) is 0 Å². The zero-order valence-electron chi connectivity index (χ0n) is 7.23. The highest BCUT2D eigenvalue weighted by Gasteiger charge is 2.15. The SMILES string of the molecule is CNCC(C)(C)COC.Cl. The molecule has 0 heterocycles. The van der Waals surface area contributed by atoms with Crippen LogP contribution in [-0.2, 0) is 4.74 Å². The van der Waals surface area contributed by atoms with E-state index in [2.05, 4.69) is 19.2 Å². The molecule has 0 saturated carbocycles. The third kappa shape index (κ3) is 6.33. The maximum Gasteiger partial charge on any atom is 0.0525 e. The molecule has 0 amide bonds. The van der Waals surface area contributed by atoms with Gasteiger partial charge in [-0.15, -0.1) is 12.4 Å². The van der Waals surface area contributed by atoms with Crippen LogP contribution in [0.15, 0.2) is 0 Å².